The molecule has 4 aromatic rings. The number of hydrogen-bond donors (Lipinski definition) is 0. The summed E-state index contributed by atoms with van der Waals surface area (Å²) in [5.41, 5.74) is 2.25. The highest BCUT2D eigenvalue weighted by Gasteiger charge is 2.14. The lowest BCUT2D eigenvalue weighted by atomic mass is 10.1. The molecule has 1 aromatic heterocycles. The minimum atomic E-state index is -0.299. The van der Waals surface area contributed by atoms with Crippen molar-refractivity contribution < 1.29 is 4.39 Å². The standard InChI is InChI=1S/C21H13ClFN3S/c22-16-8-12-18(13-9-16)27-21-19(14-6-10-17(23)11-7-14)25-26-20(24-21)15-4-2-1-3-5-15/h1-13H. The zero-order chi connectivity index (χ0) is 18.6. The van der Waals surface area contributed by atoms with Gasteiger partial charge in [0.1, 0.15) is 16.5 Å². The lowest BCUT2D eigenvalue weighted by Gasteiger charge is -2.09. The van der Waals surface area contributed by atoms with Crippen LogP contribution in [0.5, 0.6) is 0 Å². The van der Waals surface area contributed by atoms with E-state index in [2.05, 4.69) is 10.2 Å². The molecule has 0 radical (unpaired) electrons. The third-order valence-electron chi connectivity index (χ3n) is 3.83. The predicted molar refractivity (Wildman–Crippen MR) is 106 cm³/mol. The third kappa shape index (κ3) is 4.15. The highest BCUT2D eigenvalue weighted by molar-refractivity contribution is 7.99. The van der Waals surface area contributed by atoms with Crippen molar-refractivity contribution in [2.45, 2.75) is 9.92 Å². The van der Waals surface area contributed by atoms with E-state index in [0.717, 1.165) is 16.0 Å². The number of nitrogens with zero attached hydrogens (tertiary/aromatic N) is 3. The van der Waals surface area contributed by atoms with Gasteiger partial charge in [0.2, 0.25) is 0 Å². The summed E-state index contributed by atoms with van der Waals surface area (Å²) in [6.07, 6.45) is 0. The van der Waals surface area contributed by atoms with Gasteiger partial charge in [0.15, 0.2) is 5.82 Å². The van der Waals surface area contributed by atoms with Crippen LogP contribution in [0, 0.1) is 5.82 Å². The first kappa shape index (κ1) is 17.6. The van der Waals surface area contributed by atoms with Crippen LogP contribution < -0.4 is 0 Å². The molecule has 0 spiro atoms. The second-order valence-corrected chi connectivity index (χ2v) is 7.22. The van der Waals surface area contributed by atoms with Gasteiger partial charge in [-0.05, 0) is 48.5 Å². The second kappa shape index (κ2) is 7.86. The molecular weight excluding hydrogens is 381 g/mol. The van der Waals surface area contributed by atoms with Crippen LogP contribution >= 0.6 is 23.4 Å². The maximum Gasteiger partial charge on any atom is 0.182 e. The van der Waals surface area contributed by atoms with Crippen LogP contribution in [0.3, 0.4) is 0 Å². The highest BCUT2D eigenvalue weighted by Crippen LogP contribution is 2.34. The summed E-state index contributed by atoms with van der Waals surface area (Å²) in [5, 5.41) is 10.0. The van der Waals surface area contributed by atoms with Crippen molar-refractivity contribution in [1.29, 1.82) is 0 Å². The molecule has 0 fully saturated rings. The molecule has 0 N–H and O–H groups in total. The largest absolute Gasteiger partial charge is 0.217 e. The Bertz CT molecular complexity index is 1060. The van der Waals surface area contributed by atoms with Crippen molar-refractivity contribution in [1.82, 2.24) is 15.2 Å². The summed E-state index contributed by atoms with van der Waals surface area (Å²) in [4.78, 5) is 5.70. The van der Waals surface area contributed by atoms with E-state index in [9.17, 15) is 4.39 Å². The maximum absolute atomic E-state index is 13.3. The van der Waals surface area contributed by atoms with Crippen LogP contribution in [-0.4, -0.2) is 15.2 Å². The van der Waals surface area contributed by atoms with E-state index in [-0.39, 0.29) is 5.82 Å². The van der Waals surface area contributed by atoms with Gasteiger partial charge in [-0.15, -0.1) is 10.2 Å². The molecule has 3 nitrogen and oxygen atoms in total. The Hall–Kier alpha value is -2.76. The quantitative estimate of drug-likeness (QED) is 0.417. The van der Waals surface area contributed by atoms with Gasteiger partial charge >= 0.3 is 0 Å². The molecule has 0 unspecified atom stereocenters. The van der Waals surface area contributed by atoms with Gasteiger partial charge in [-0.2, -0.15) is 0 Å². The molecule has 27 heavy (non-hydrogen) atoms. The fourth-order valence-electron chi connectivity index (χ4n) is 2.50. The molecule has 0 saturated heterocycles. The van der Waals surface area contributed by atoms with Crippen molar-refractivity contribution in [3.8, 4) is 22.6 Å². The van der Waals surface area contributed by atoms with E-state index in [0.29, 0.717) is 21.6 Å². The van der Waals surface area contributed by atoms with E-state index in [4.69, 9.17) is 16.6 Å². The lowest BCUT2D eigenvalue weighted by molar-refractivity contribution is 0.628. The van der Waals surface area contributed by atoms with Crippen LogP contribution in [0.15, 0.2) is 88.8 Å². The molecule has 0 saturated carbocycles. The molecule has 3 aromatic carbocycles. The lowest BCUT2D eigenvalue weighted by Crippen LogP contribution is -1.99. The van der Waals surface area contributed by atoms with Crippen molar-refractivity contribution in [2.75, 3.05) is 0 Å². The SMILES string of the molecule is Fc1ccc(-c2nnc(-c3ccccc3)nc2Sc2ccc(Cl)cc2)cc1. The van der Waals surface area contributed by atoms with Gasteiger partial charge in [0.05, 0.1) is 0 Å². The number of halogens is 2. The maximum atomic E-state index is 13.3. The first-order chi connectivity index (χ1) is 13.2. The Morgan fingerprint density at radius 1 is 0.741 bits per heavy atom. The normalized spacial score (nSPS) is 10.7. The number of rotatable bonds is 4. The first-order valence-corrected chi connectivity index (χ1v) is 9.38. The average Bonchev–Trinajstić information content (AvgIpc) is 2.71. The molecule has 1 heterocycles. The van der Waals surface area contributed by atoms with Crippen LogP contribution in [-0.2, 0) is 0 Å². The zero-order valence-corrected chi connectivity index (χ0v) is 15.6. The van der Waals surface area contributed by atoms with Crippen LogP contribution in [0.25, 0.3) is 22.6 Å². The molecule has 132 valence electrons. The molecular formula is C21H13ClFN3S. The predicted octanol–water partition coefficient (Wildman–Crippen LogP) is 6.15. The van der Waals surface area contributed by atoms with Gasteiger partial charge in [0, 0.05) is 21.0 Å². The van der Waals surface area contributed by atoms with Crippen LogP contribution in [0.4, 0.5) is 4.39 Å². The fourth-order valence-corrected chi connectivity index (χ4v) is 3.50. The minimum Gasteiger partial charge on any atom is -0.217 e. The van der Waals surface area contributed by atoms with Crippen LogP contribution in [0.1, 0.15) is 0 Å². The molecule has 0 aliphatic rings. The molecule has 0 amide bonds. The zero-order valence-electron chi connectivity index (χ0n) is 14.0. The minimum absolute atomic E-state index is 0.299. The molecule has 4 rings (SSSR count). The highest BCUT2D eigenvalue weighted by atomic mass is 35.5. The number of aromatic nitrogens is 3. The van der Waals surface area contributed by atoms with E-state index < -0.39 is 0 Å². The summed E-state index contributed by atoms with van der Waals surface area (Å²) in [6.45, 7) is 0. The van der Waals surface area contributed by atoms with Crippen molar-refractivity contribution in [2.24, 2.45) is 0 Å². The second-order valence-electron chi connectivity index (χ2n) is 5.72. The van der Waals surface area contributed by atoms with E-state index >= 15 is 0 Å². The molecule has 0 atom stereocenters. The van der Waals surface area contributed by atoms with Crippen molar-refractivity contribution >= 4 is 23.4 Å². The van der Waals surface area contributed by atoms with Gasteiger partial charge < -0.3 is 0 Å². The Morgan fingerprint density at radius 3 is 2.15 bits per heavy atom. The van der Waals surface area contributed by atoms with E-state index in [1.807, 2.05) is 54.6 Å². The summed E-state index contributed by atoms with van der Waals surface area (Å²) >= 11 is 7.44. The van der Waals surface area contributed by atoms with Gasteiger partial charge in [-0.1, -0.05) is 53.7 Å². The topological polar surface area (TPSA) is 38.7 Å². The van der Waals surface area contributed by atoms with Gasteiger partial charge in [-0.3, -0.25) is 0 Å². The Kier molecular flexibility index (Phi) is 5.14. The molecule has 0 aliphatic carbocycles. The fraction of sp³-hybridized carbons (Fsp3) is 0. The molecule has 0 aliphatic heterocycles. The smallest absolute Gasteiger partial charge is 0.182 e. The number of benzene rings is 3. The Labute approximate surface area is 165 Å². The third-order valence-corrected chi connectivity index (χ3v) is 5.07. The number of hydrogen-bond acceptors (Lipinski definition) is 4. The first-order valence-electron chi connectivity index (χ1n) is 8.18. The van der Waals surface area contributed by atoms with Crippen molar-refractivity contribution in [3.63, 3.8) is 0 Å². The monoisotopic (exact) mass is 393 g/mol. The summed E-state index contributed by atoms with van der Waals surface area (Å²) in [7, 11) is 0. The molecule has 0 bridgehead atoms. The Morgan fingerprint density at radius 2 is 1.44 bits per heavy atom. The van der Waals surface area contributed by atoms with Crippen LogP contribution in [0.2, 0.25) is 5.02 Å². The van der Waals surface area contributed by atoms with E-state index in [1.165, 1.54) is 23.9 Å². The summed E-state index contributed by atoms with van der Waals surface area (Å²) < 4.78 is 13.3. The Balaban J connectivity index is 1.80. The molecule has 6 heteroatoms. The summed E-state index contributed by atoms with van der Waals surface area (Å²) in [5.74, 6) is 0.241. The van der Waals surface area contributed by atoms with Crippen molar-refractivity contribution in [3.05, 3.63) is 89.7 Å². The van der Waals surface area contributed by atoms with Gasteiger partial charge in [-0.25, -0.2) is 9.37 Å². The van der Waals surface area contributed by atoms with Gasteiger partial charge in [0.25, 0.3) is 0 Å². The van der Waals surface area contributed by atoms with E-state index in [1.54, 1.807) is 12.1 Å². The average molecular weight is 394 g/mol. The summed E-state index contributed by atoms with van der Waals surface area (Å²) in [6, 6.07) is 23.3.